The molecule has 2 N–H and O–H groups in total. The third kappa shape index (κ3) is 6.91. The Labute approximate surface area is 189 Å². The van der Waals surface area contributed by atoms with Gasteiger partial charge in [-0.1, -0.05) is 30.3 Å². The minimum absolute atomic E-state index is 0.481. The first-order valence-corrected chi connectivity index (χ1v) is 10.6. The molecule has 3 rings (SSSR count). The number of nitrogens with one attached hydrogen (secondary N) is 2. The minimum Gasteiger partial charge on any atom is -0.497 e. The van der Waals surface area contributed by atoms with Crippen LogP contribution in [0, 0.1) is 0 Å². The summed E-state index contributed by atoms with van der Waals surface area (Å²) in [6.07, 6.45) is 1.74. The third-order valence-corrected chi connectivity index (χ3v) is 4.73. The van der Waals surface area contributed by atoms with Crippen LogP contribution in [0.3, 0.4) is 0 Å². The van der Waals surface area contributed by atoms with Gasteiger partial charge in [-0.3, -0.25) is 0 Å². The molecule has 0 saturated carbocycles. The number of ether oxygens (including phenoxy) is 3. The number of aliphatic imine (C=N–C) groups is 1. The van der Waals surface area contributed by atoms with E-state index in [9.17, 15) is 0 Å². The smallest absolute Gasteiger partial charge is 0.213 e. The average molecular weight is 435 g/mol. The molecule has 1 heterocycles. The zero-order valence-electron chi connectivity index (χ0n) is 18.8. The van der Waals surface area contributed by atoms with E-state index in [1.165, 1.54) is 0 Å². The summed E-state index contributed by atoms with van der Waals surface area (Å²) in [6.45, 7) is 4.34. The number of nitrogens with zero attached hydrogens (tertiary/aromatic N) is 2. The monoisotopic (exact) mass is 434 g/mol. The normalized spacial score (nSPS) is 11.0. The van der Waals surface area contributed by atoms with Gasteiger partial charge in [0.25, 0.3) is 0 Å². The zero-order valence-corrected chi connectivity index (χ0v) is 18.8. The van der Waals surface area contributed by atoms with Crippen molar-refractivity contribution in [1.82, 2.24) is 15.6 Å². The lowest BCUT2D eigenvalue weighted by molar-refractivity contribution is 0.293. The third-order valence-electron chi connectivity index (χ3n) is 4.73. The van der Waals surface area contributed by atoms with Crippen LogP contribution in [0.4, 0.5) is 0 Å². The fourth-order valence-corrected chi connectivity index (χ4v) is 3.05. The van der Waals surface area contributed by atoms with Crippen LogP contribution in [0.5, 0.6) is 17.4 Å². The van der Waals surface area contributed by atoms with E-state index in [2.05, 4.69) is 15.6 Å². The molecule has 0 bridgehead atoms. The Morgan fingerprint density at radius 1 is 0.938 bits per heavy atom. The highest BCUT2D eigenvalue weighted by atomic mass is 16.5. The zero-order chi connectivity index (χ0) is 22.6. The van der Waals surface area contributed by atoms with E-state index in [0.29, 0.717) is 31.5 Å². The molecule has 168 valence electrons. The van der Waals surface area contributed by atoms with E-state index < -0.39 is 0 Å². The fraction of sp³-hybridized carbons (Fsp3) is 0.280. The molecule has 7 nitrogen and oxygen atoms in total. The molecule has 0 saturated heterocycles. The van der Waals surface area contributed by atoms with E-state index in [1.54, 1.807) is 20.4 Å². The van der Waals surface area contributed by atoms with Crippen molar-refractivity contribution < 1.29 is 14.2 Å². The molecule has 0 fully saturated rings. The second-order valence-corrected chi connectivity index (χ2v) is 7.00. The van der Waals surface area contributed by atoms with Crippen molar-refractivity contribution in [2.75, 3.05) is 20.8 Å². The molecular weight excluding hydrogens is 404 g/mol. The van der Waals surface area contributed by atoms with Gasteiger partial charge in [0.15, 0.2) is 5.96 Å². The lowest BCUT2D eigenvalue weighted by Crippen LogP contribution is -2.36. The Morgan fingerprint density at radius 3 is 2.53 bits per heavy atom. The molecule has 0 unspecified atom stereocenters. The number of benzene rings is 2. The highest BCUT2D eigenvalue weighted by molar-refractivity contribution is 5.79. The molecule has 0 spiro atoms. The van der Waals surface area contributed by atoms with Crippen molar-refractivity contribution in [2.45, 2.75) is 26.6 Å². The Balaban J connectivity index is 1.61. The standard InChI is InChI=1S/C25H30N4O3/c1-4-26-25(29-17-21-10-11-22(30-2)15-23(21)31-3)28-16-20-12-13-27-24(14-20)32-18-19-8-6-5-7-9-19/h5-15H,4,16-18H2,1-3H3,(H2,26,28,29). The van der Waals surface area contributed by atoms with Gasteiger partial charge >= 0.3 is 0 Å². The SMILES string of the molecule is CCNC(=NCc1ccnc(OCc2ccccc2)c1)NCc1ccc(OC)cc1OC. The summed E-state index contributed by atoms with van der Waals surface area (Å²) in [6, 6.07) is 19.7. The predicted molar refractivity (Wildman–Crippen MR) is 126 cm³/mol. The molecule has 32 heavy (non-hydrogen) atoms. The number of hydrogen-bond acceptors (Lipinski definition) is 5. The molecular formula is C25H30N4O3. The van der Waals surface area contributed by atoms with Gasteiger partial charge in [-0.25, -0.2) is 9.98 Å². The second-order valence-electron chi connectivity index (χ2n) is 7.00. The molecule has 0 aliphatic heterocycles. The van der Waals surface area contributed by atoms with Gasteiger partial charge in [0, 0.05) is 37.0 Å². The Kier molecular flexibility index (Phi) is 8.74. The van der Waals surface area contributed by atoms with Crippen molar-refractivity contribution in [3.8, 4) is 17.4 Å². The van der Waals surface area contributed by atoms with Gasteiger partial charge in [-0.05, 0) is 36.2 Å². The Morgan fingerprint density at radius 2 is 1.78 bits per heavy atom. The number of guanidine groups is 1. The van der Waals surface area contributed by atoms with Crippen LogP contribution in [-0.2, 0) is 19.7 Å². The Bertz CT molecular complexity index is 1010. The maximum atomic E-state index is 5.82. The van der Waals surface area contributed by atoms with E-state index in [1.807, 2.05) is 67.6 Å². The van der Waals surface area contributed by atoms with Crippen LogP contribution in [0.2, 0.25) is 0 Å². The number of aromatic nitrogens is 1. The quantitative estimate of drug-likeness (QED) is 0.372. The summed E-state index contributed by atoms with van der Waals surface area (Å²) < 4.78 is 16.6. The first kappa shape index (κ1) is 22.9. The number of rotatable bonds is 10. The van der Waals surface area contributed by atoms with Gasteiger partial charge in [0.1, 0.15) is 18.1 Å². The molecule has 7 heteroatoms. The minimum atomic E-state index is 0.481. The maximum absolute atomic E-state index is 5.82. The van der Waals surface area contributed by atoms with Gasteiger partial charge < -0.3 is 24.8 Å². The second kappa shape index (κ2) is 12.2. The van der Waals surface area contributed by atoms with Crippen molar-refractivity contribution in [2.24, 2.45) is 4.99 Å². The van der Waals surface area contributed by atoms with Crippen molar-refractivity contribution in [3.63, 3.8) is 0 Å². The number of pyridine rings is 1. The van der Waals surface area contributed by atoms with E-state index in [4.69, 9.17) is 19.2 Å². The number of methoxy groups -OCH3 is 2. The molecule has 0 radical (unpaired) electrons. The van der Waals surface area contributed by atoms with Gasteiger partial charge in [0.2, 0.25) is 5.88 Å². The largest absolute Gasteiger partial charge is 0.497 e. The van der Waals surface area contributed by atoms with Crippen LogP contribution < -0.4 is 24.8 Å². The summed E-state index contributed by atoms with van der Waals surface area (Å²) in [5, 5.41) is 6.62. The average Bonchev–Trinajstić information content (AvgIpc) is 2.85. The van der Waals surface area contributed by atoms with Gasteiger partial charge in [-0.2, -0.15) is 0 Å². The summed E-state index contributed by atoms with van der Waals surface area (Å²) >= 11 is 0. The molecule has 2 aromatic carbocycles. The summed E-state index contributed by atoms with van der Waals surface area (Å²) in [7, 11) is 3.29. The van der Waals surface area contributed by atoms with Crippen LogP contribution in [0.1, 0.15) is 23.6 Å². The first-order valence-electron chi connectivity index (χ1n) is 10.6. The highest BCUT2D eigenvalue weighted by Crippen LogP contribution is 2.24. The van der Waals surface area contributed by atoms with Crippen LogP contribution in [-0.4, -0.2) is 31.7 Å². The van der Waals surface area contributed by atoms with E-state index in [0.717, 1.165) is 34.7 Å². The molecule has 0 amide bonds. The molecule has 3 aromatic rings. The van der Waals surface area contributed by atoms with E-state index in [-0.39, 0.29) is 0 Å². The predicted octanol–water partition coefficient (Wildman–Crippen LogP) is 3.93. The summed E-state index contributed by atoms with van der Waals surface area (Å²) in [5.41, 5.74) is 3.13. The highest BCUT2D eigenvalue weighted by Gasteiger charge is 2.07. The van der Waals surface area contributed by atoms with E-state index >= 15 is 0 Å². The van der Waals surface area contributed by atoms with Crippen molar-refractivity contribution in [1.29, 1.82) is 0 Å². The van der Waals surface area contributed by atoms with Crippen molar-refractivity contribution in [3.05, 3.63) is 83.6 Å². The molecule has 1 aromatic heterocycles. The van der Waals surface area contributed by atoms with Gasteiger partial charge in [-0.15, -0.1) is 0 Å². The van der Waals surface area contributed by atoms with Crippen LogP contribution in [0.25, 0.3) is 0 Å². The lowest BCUT2D eigenvalue weighted by atomic mass is 10.2. The Hall–Kier alpha value is -3.74. The first-order chi connectivity index (χ1) is 15.7. The molecule has 0 atom stereocenters. The van der Waals surface area contributed by atoms with Crippen molar-refractivity contribution >= 4 is 5.96 Å². The maximum Gasteiger partial charge on any atom is 0.213 e. The topological polar surface area (TPSA) is 77.0 Å². The fourth-order valence-electron chi connectivity index (χ4n) is 3.05. The summed E-state index contributed by atoms with van der Waals surface area (Å²) in [5.74, 6) is 2.83. The molecule has 0 aliphatic carbocycles. The summed E-state index contributed by atoms with van der Waals surface area (Å²) in [4.78, 5) is 8.99. The van der Waals surface area contributed by atoms with Gasteiger partial charge in [0.05, 0.1) is 20.8 Å². The van der Waals surface area contributed by atoms with Crippen LogP contribution >= 0.6 is 0 Å². The number of hydrogen-bond donors (Lipinski definition) is 2. The van der Waals surface area contributed by atoms with Crippen LogP contribution in [0.15, 0.2) is 71.9 Å². The lowest BCUT2D eigenvalue weighted by Gasteiger charge is -2.14. The molecule has 0 aliphatic rings.